The van der Waals surface area contributed by atoms with Gasteiger partial charge in [-0.2, -0.15) is 0 Å². The highest BCUT2D eigenvalue weighted by Crippen LogP contribution is 2.33. The highest BCUT2D eigenvalue weighted by Gasteiger charge is 2.09. The maximum Gasteiger partial charge on any atom is 0.140 e. The monoisotopic (exact) mass is 330 g/mol. The number of aliphatic hydroxyl groups excluding tert-OH is 1. The molecular formula is C13H9BrF2OS. The Balaban J connectivity index is 2.33. The number of hydrogen-bond acceptors (Lipinski definition) is 2. The van der Waals surface area contributed by atoms with E-state index in [1.54, 1.807) is 12.1 Å². The molecule has 94 valence electrons. The number of rotatable bonds is 3. The molecule has 1 N–H and O–H groups in total. The van der Waals surface area contributed by atoms with Crippen molar-refractivity contribution in [3.8, 4) is 0 Å². The molecule has 0 heterocycles. The molecule has 0 atom stereocenters. The van der Waals surface area contributed by atoms with E-state index in [9.17, 15) is 13.9 Å². The van der Waals surface area contributed by atoms with E-state index in [1.165, 1.54) is 12.1 Å². The van der Waals surface area contributed by atoms with Gasteiger partial charge in [-0.15, -0.1) is 0 Å². The second-order valence-electron chi connectivity index (χ2n) is 3.59. The van der Waals surface area contributed by atoms with Crippen molar-refractivity contribution in [1.29, 1.82) is 0 Å². The molecule has 0 aliphatic rings. The van der Waals surface area contributed by atoms with Gasteiger partial charge in [0.15, 0.2) is 0 Å². The maximum absolute atomic E-state index is 13.5. The summed E-state index contributed by atoms with van der Waals surface area (Å²) in [5.74, 6) is -1.21. The van der Waals surface area contributed by atoms with Gasteiger partial charge in [-0.1, -0.05) is 27.7 Å². The molecule has 0 saturated carbocycles. The molecule has 1 nitrogen and oxygen atoms in total. The standard InChI is InChI=1S/C13H9BrF2OS/c14-9-1-3-12(8(5-9)7-17)18-13-4-2-10(15)6-11(13)16/h1-6,17H,7H2. The number of hydrogen-bond donors (Lipinski definition) is 1. The molecule has 2 aromatic carbocycles. The molecule has 0 bridgehead atoms. The van der Waals surface area contributed by atoms with Gasteiger partial charge >= 0.3 is 0 Å². The minimum Gasteiger partial charge on any atom is -0.392 e. The van der Waals surface area contributed by atoms with E-state index in [-0.39, 0.29) is 6.61 Å². The second kappa shape index (κ2) is 5.82. The minimum absolute atomic E-state index is 0.134. The average molecular weight is 331 g/mol. The molecule has 2 aromatic rings. The van der Waals surface area contributed by atoms with Crippen LogP contribution in [-0.2, 0) is 6.61 Å². The Kier molecular flexibility index (Phi) is 4.37. The summed E-state index contributed by atoms with van der Waals surface area (Å²) in [7, 11) is 0. The first-order chi connectivity index (χ1) is 8.60. The molecule has 2 rings (SSSR count). The smallest absolute Gasteiger partial charge is 0.140 e. The van der Waals surface area contributed by atoms with Crippen LogP contribution >= 0.6 is 27.7 Å². The van der Waals surface area contributed by atoms with Crippen molar-refractivity contribution in [2.75, 3.05) is 0 Å². The second-order valence-corrected chi connectivity index (χ2v) is 5.59. The molecule has 5 heteroatoms. The molecule has 0 spiro atoms. The predicted molar refractivity (Wildman–Crippen MR) is 70.5 cm³/mol. The van der Waals surface area contributed by atoms with Crippen LogP contribution in [0.1, 0.15) is 5.56 Å². The van der Waals surface area contributed by atoms with Crippen LogP contribution in [0.3, 0.4) is 0 Å². The van der Waals surface area contributed by atoms with E-state index < -0.39 is 11.6 Å². The topological polar surface area (TPSA) is 20.2 Å². The summed E-state index contributed by atoms with van der Waals surface area (Å²) in [4.78, 5) is 1.07. The third-order valence-electron chi connectivity index (χ3n) is 2.31. The first kappa shape index (κ1) is 13.5. The zero-order valence-corrected chi connectivity index (χ0v) is 11.6. The Morgan fingerprint density at radius 2 is 1.78 bits per heavy atom. The van der Waals surface area contributed by atoms with Crippen molar-refractivity contribution >= 4 is 27.7 Å². The summed E-state index contributed by atoms with van der Waals surface area (Å²) in [6.07, 6.45) is 0. The molecule has 0 fully saturated rings. The fourth-order valence-corrected chi connectivity index (χ4v) is 2.78. The lowest BCUT2D eigenvalue weighted by molar-refractivity contribution is 0.279. The summed E-state index contributed by atoms with van der Waals surface area (Å²) >= 11 is 4.46. The minimum atomic E-state index is -0.605. The van der Waals surface area contributed by atoms with Crippen LogP contribution < -0.4 is 0 Å². The Morgan fingerprint density at radius 3 is 2.44 bits per heavy atom. The van der Waals surface area contributed by atoms with Gasteiger partial charge in [0.25, 0.3) is 0 Å². The van der Waals surface area contributed by atoms with E-state index in [0.29, 0.717) is 10.5 Å². The quantitative estimate of drug-likeness (QED) is 0.901. The summed E-state index contributed by atoms with van der Waals surface area (Å²) in [5, 5.41) is 9.25. The molecule has 0 radical (unpaired) electrons. The van der Waals surface area contributed by atoms with Crippen LogP contribution in [0.2, 0.25) is 0 Å². The van der Waals surface area contributed by atoms with E-state index >= 15 is 0 Å². The van der Waals surface area contributed by atoms with Gasteiger partial charge in [0.05, 0.1) is 6.61 Å². The van der Waals surface area contributed by atoms with Crippen molar-refractivity contribution in [2.24, 2.45) is 0 Å². The third kappa shape index (κ3) is 3.10. The molecule has 18 heavy (non-hydrogen) atoms. The number of benzene rings is 2. The lowest BCUT2D eigenvalue weighted by Crippen LogP contribution is -1.89. The van der Waals surface area contributed by atoms with Gasteiger partial charge in [-0.25, -0.2) is 8.78 Å². The van der Waals surface area contributed by atoms with Gasteiger partial charge in [-0.3, -0.25) is 0 Å². The van der Waals surface area contributed by atoms with E-state index in [4.69, 9.17) is 0 Å². The van der Waals surface area contributed by atoms with Crippen molar-refractivity contribution in [2.45, 2.75) is 16.4 Å². The largest absolute Gasteiger partial charge is 0.392 e. The predicted octanol–water partition coefficient (Wildman–Crippen LogP) is 4.37. The molecule has 0 saturated heterocycles. The fraction of sp³-hybridized carbons (Fsp3) is 0.0769. The van der Waals surface area contributed by atoms with Crippen molar-refractivity contribution in [1.82, 2.24) is 0 Å². The van der Waals surface area contributed by atoms with Gasteiger partial charge in [-0.05, 0) is 35.9 Å². The van der Waals surface area contributed by atoms with Crippen LogP contribution in [0.4, 0.5) is 8.78 Å². The zero-order valence-electron chi connectivity index (χ0n) is 9.16. The maximum atomic E-state index is 13.5. The number of halogens is 3. The molecule has 0 aliphatic heterocycles. The lowest BCUT2D eigenvalue weighted by Gasteiger charge is -2.08. The molecule has 0 amide bonds. The normalized spacial score (nSPS) is 10.7. The lowest BCUT2D eigenvalue weighted by atomic mass is 10.2. The number of aliphatic hydroxyl groups is 1. The van der Waals surface area contributed by atoms with Crippen LogP contribution in [0.5, 0.6) is 0 Å². The van der Waals surface area contributed by atoms with Crippen LogP contribution in [-0.4, -0.2) is 5.11 Å². The van der Waals surface area contributed by atoms with Crippen molar-refractivity contribution in [3.05, 3.63) is 58.1 Å². The van der Waals surface area contributed by atoms with Gasteiger partial charge in [0, 0.05) is 20.3 Å². The van der Waals surface area contributed by atoms with Gasteiger partial charge in [0.1, 0.15) is 11.6 Å². The SMILES string of the molecule is OCc1cc(Br)ccc1Sc1ccc(F)cc1F. The van der Waals surface area contributed by atoms with Crippen molar-refractivity contribution in [3.63, 3.8) is 0 Å². The highest BCUT2D eigenvalue weighted by atomic mass is 79.9. The summed E-state index contributed by atoms with van der Waals surface area (Å²) in [5.41, 5.74) is 0.693. The highest BCUT2D eigenvalue weighted by molar-refractivity contribution is 9.10. The first-order valence-electron chi connectivity index (χ1n) is 5.12. The van der Waals surface area contributed by atoms with Gasteiger partial charge in [0.2, 0.25) is 0 Å². The van der Waals surface area contributed by atoms with Crippen LogP contribution in [0.25, 0.3) is 0 Å². The van der Waals surface area contributed by atoms with E-state index in [0.717, 1.165) is 27.2 Å². The Bertz CT molecular complexity index is 575. The molecule has 0 aliphatic carbocycles. The summed E-state index contributed by atoms with van der Waals surface area (Å²) in [6, 6.07) is 8.80. The van der Waals surface area contributed by atoms with Gasteiger partial charge < -0.3 is 5.11 Å². The Morgan fingerprint density at radius 1 is 1.06 bits per heavy atom. The first-order valence-corrected chi connectivity index (χ1v) is 6.73. The Hall–Kier alpha value is -0.910. The summed E-state index contributed by atoms with van der Waals surface area (Å²) < 4.78 is 27.2. The average Bonchev–Trinajstić information content (AvgIpc) is 2.34. The molecule has 0 unspecified atom stereocenters. The fourth-order valence-electron chi connectivity index (χ4n) is 1.45. The van der Waals surface area contributed by atoms with Crippen LogP contribution in [0.15, 0.2) is 50.7 Å². The zero-order chi connectivity index (χ0) is 13.1. The van der Waals surface area contributed by atoms with E-state index in [1.807, 2.05) is 6.07 Å². The third-order valence-corrected chi connectivity index (χ3v) is 3.97. The molecule has 0 aromatic heterocycles. The van der Waals surface area contributed by atoms with Crippen LogP contribution in [0, 0.1) is 11.6 Å². The molecular weight excluding hydrogens is 322 g/mol. The Labute approximate surface area is 116 Å². The van der Waals surface area contributed by atoms with Crippen molar-refractivity contribution < 1.29 is 13.9 Å². The summed E-state index contributed by atoms with van der Waals surface area (Å²) in [6.45, 7) is -0.134. The van der Waals surface area contributed by atoms with E-state index in [2.05, 4.69) is 15.9 Å².